The number of rotatable bonds is 5. The van der Waals surface area contributed by atoms with Crippen LogP contribution < -0.4 is 10.2 Å². The molecule has 1 fully saturated rings. The highest BCUT2D eigenvalue weighted by molar-refractivity contribution is 5.71. The minimum absolute atomic E-state index is 0.0166. The molecule has 1 saturated heterocycles. The van der Waals surface area contributed by atoms with Crippen molar-refractivity contribution >= 4 is 23.4 Å². The van der Waals surface area contributed by atoms with E-state index in [-0.39, 0.29) is 35.0 Å². The molecule has 0 spiro atoms. The minimum atomic E-state index is -0.451. The number of amides is 1. The minimum Gasteiger partial charge on any atom is -0.450 e. The van der Waals surface area contributed by atoms with Crippen molar-refractivity contribution < 1.29 is 14.5 Å². The van der Waals surface area contributed by atoms with Crippen molar-refractivity contribution in [1.29, 1.82) is 0 Å². The highest BCUT2D eigenvalue weighted by atomic mass is 16.6. The summed E-state index contributed by atoms with van der Waals surface area (Å²) in [5.74, 6) is 0.477. The van der Waals surface area contributed by atoms with Crippen molar-refractivity contribution in [2.45, 2.75) is 52.1 Å². The molecule has 0 saturated carbocycles. The summed E-state index contributed by atoms with van der Waals surface area (Å²) in [6, 6.07) is -0.0166. The van der Waals surface area contributed by atoms with E-state index >= 15 is 0 Å². The fourth-order valence-corrected chi connectivity index (χ4v) is 2.82. The van der Waals surface area contributed by atoms with Gasteiger partial charge in [0.05, 0.1) is 11.5 Å². The van der Waals surface area contributed by atoms with Gasteiger partial charge in [-0.2, -0.15) is 0 Å². The average Bonchev–Trinajstić information content (AvgIpc) is 2.60. The van der Waals surface area contributed by atoms with Crippen LogP contribution >= 0.6 is 0 Å². The Balaban J connectivity index is 2.16. The van der Waals surface area contributed by atoms with Crippen molar-refractivity contribution in [2.24, 2.45) is 0 Å². The summed E-state index contributed by atoms with van der Waals surface area (Å²) in [6.45, 7) is 9.04. The molecule has 0 radical (unpaired) electrons. The zero-order valence-electron chi connectivity index (χ0n) is 16.6. The fraction of sp³-hybridized carbons (Fsp3) is 0.706. The predicted octanol–water partition coefficient (Wildman–Crippen LogP) is 2.65. The van der Waals surface area contributed by atoms with E-state index in [1.54, 1.807) is 23.8 Å². The maximum atomic E-state index is 11.8. The number of likely N-dealkylation sites (tertiary alicyclic amines) is 1. The van der Waals surface area contributed by atoms with Gasteiger partial charge in [0.2, 0.25) is 11.6 Å². The maximum Gasteiger partial charge on any atom is 0.409 e. The van der Waals surface area contributed by atoms with Crippen molar-refractivity contribution in [3.63, 3.8) is 0 Å². The molecule has 1 aromatic rings. The third-order valence-electron chi connectivity index (χ3n) is 4.67. The summed E-state index contributed by atoms with van der Waals surface area (Å²) >= 11 is 0. The molecule has 0 atom stereocenters. The number of carbonyl (C=O) groups excluding carboxylic acids is 1. The van der Waals surface area contributed by atoms with Gasteiger partial charge in [0.15, 0.2) is 0 Å². The Morgan fingerprint density at radius 2 is 2.04 bits per heavy atom. The zero-order chi connectivity index (χ0) is 20.2. The average molecular weight is 380 g/mol. The van der Waals surface area contributed by atoms with Crippen molar-refractivity contribution in [1.82, 2.24) is 14.9 Å². The smallest absolute Gasteiger partial charge is 0.409 e. The van der Waals surface area contributed by atoms with E-state index in [4.69, 9.17) is 4.74 Å². The molecule has 2 heterocycles. The molecule has 10 nitrogen and oxygen atoms in total. The molecule has 1 aliphatic heterocycles. The lowest BCUT2D eigenvalue weighted by atomic mass is 10.1. The molecule has 27 heavy (non-hydrogen) atoms. The van der Waals surface area contributed by atoms with Gasteiger partial charge >= 0.3 is 11.8 Å². The Morgan fingerprint density at radius 3 is 2.56 bits per heavy atom. The van der Waals surface area contributed by atoms with Gasteiger partial charge in [-0.1, -0.05) is 0 Å². The lowest BCUT2D eigenvalue weighted by molar-refractivity contribution is -0.383. The quantitative estimate of drug-likeness (QED) is 0.612. The van der Waals surface area contributed by atoms with Crippen LogP contribution in [0.5, 0.6) is 0 Å². The predicted molar refractivity (Wildman–Crippen MR) is 102 cm³/mol. The summed E-state index contributed by atoms with van der Waals surface area (Å²) in [6.07, 6.45) is 2.33. The molecule has 1 amide bonds. The van der Waals surface area contributed by atoms with Gasteiger partial charge < -0.3 is 19.9 Å². The van der Waals surface area contributed by atoms with E-state index in [1.807, 2.05) is 20.8 Å². The number of ether oxygens (including phenoxy) is 1. The lowest BCUT2D eigenvalue weighted by Gasteiger charge is -2.33. The van der Waals surface area contributed by atoms with Crippen LogP contribution in [0.3, 0.4) is 0 Å². The normalized spacial score (nSPS) is 15.4. The van der Waals surface area contributed by atoms with E-state index in [2.05, 4.69) is 15.3 Å². The highest BCUT2D eigenvalue weighted by Crippen LogP contribution is 2.35. The first-order valence-corrected chi connectivity index (χ1v) is 9.06. The molecular weight excluding hydrogens is 352 g/mol. The van der Waals surface area contributed by atoms with Gasteiger partial charge in [0, 0.05) is 31.7 Å². The first-order valence-electron chi connectivity index (χ1n) is 9.06. The van der Waals surface area contributed by atoms with Crippen LogP contribution in [-0.2, 0) is 4.74 Å². The van der Waals surface area contributed by atoms with Crippen LogP contribution in [0.1, 0.15) is 40.5 Å². The molecule has 2 rings (SSSR count). The van der Waals surface area contributed by atoms with E-state index in [9.17, 15) is 14.9 Å². The van der Waals surface area contributed by atoms with Gasteiger partial charge in [-0.25, -0.2) is 14.8 Å². The van der Waals surface area contributed by atoms with Crippen LogP contribution in [0.15, 0.2) is 6.33 Å². The molecule has 0 bridgehead atoms. The topological polar surface area (TPSA) is 114 Å². The largest absolute Gasteiger partial charge is 0.450 e. The van der Waals surface area contributed by atoms with Crippen LogP contribution in [-0.4, -0.2) is 64.2 Å². The third-order valence-corrected chi connectivity index (χ3v) is 4.67. The van der Waals surface area contributed by atoms with Gasteiger partial charge in [-0.3, -0.25) is 10.1 Å². The van der Waals surface area contributed by atoms with Crippen LogP contribution in [0, 0.1) is 10.1 Å². The zero-order valence-corrected chi connectivity index (χ0v) is 16.6. The number of carbonyl (C=O) groups is 1. The maximum absolute atomic E-state index is 11.8. The van der Waals surface area contributed by atoms with Gasteiger partial charge in [0.25, 0.3) is 0 Å². The Hall–Kier alpha value is -2.65. The van der Waals surface area contributed by atoms with E-state index < -0.39 is 4.92 Å². The van der Waals surface area contributed by atoms with Gasteiger partial charge in [-0.15, -0.1) is 0 Å². The third kappa shape index (κ3) is 4.95. The van der Waals surface area contributed by atoms with Crippen LogP contribution in [0.2, 0.25) is 0 Å². The second-order valence-corrected chi connectivity index (χ2v) is 7.49. The molecule has 1 aromatic heterocycles. The summed E-state index contributed by atoms with van der Waals surface area (Å²) in [4.78, 5) is 34.7. The monoisotopic (exact) mass is 380 g/mol. The fourth-order valence-electron chi connectivity index (χ4n) is 2.82. The molecule has 1 N–H and O–H groups in total. The number of nitrogens with zero attached hydrogens (tertiary/aromatic N) is 5. The van der Waals surface area contributed by atoms with Crippen molar-refractivity contribution in [2.75, 3.05) is 37.0 Å². The molecule has 10 heteroatoms. The highest BCUT2D eigenvalue weighted by Gasteiger charge is 2.32. The van der Waals surface area contributed by atoms with Gasteiger partial charge in [-0.05, 0) is 40.5 Å². The molecule has 0 aromatic carbocycles. The van der Waals surface area contributed by atoms with Crippen LogP contribution in [0.4, 0.5) is 22.1 Å². The first kappa shape index (κ1) is 20.7. The number of nitro groups is 1. The summed E-state index contributed by atoms with van der Waals surface area (Å²) < 4.78 is 5.01. The Bertz CT molecular complexity index is 682. The SMILES string of the molecule is CCOC(=O)N1CCC(Nc2ncnc(N(C)C(C)(C)C)c2[N+](=O)[O-])CC1. The summed E-state index contributed by atoms with van der Waals surface area (Å²) in [5, 5.41) is 14.9. The number of nitrogens with one attached hydrogen (secondary N) is 1. The van der Waals surface area contributed by atoms with Crippen molar-refractivity contribution in [3.8, 4) is 0 Å². The number of aromatic nitrogens is 2. The lowest BCUT2D eigenvalue weighted by Crippen LogP contribution is -2.43. The second-order valence-electron chi connectivity index (χ2n) is 7.49. The second kappa shape index (κ2) is 8.36. The number of hydrogen-bond acceptors (Lipinski definition) is 8. The van der Waals surface area contributed by atoms with Crippen LogP contribution in [0.25, 0.3) is 0 Å². The van der Waals surface area contributed by atoms with Gasteiger partial charge in [0.1, 0.15) is 6.33 Å². The molecule has 0 aliphatic carbocycles. The summed E-state index contributed by atoms with van der Waals surface area (Å²) in [5.41, 5.74) is -0.468. The van der Waals surface area contributed by atoms with E-state index in [1.165, 1.54) is 6.33 Å². The number of hydrogen-bond donors (Lipinski definition) is 1. The summed E-state index contributed by atoms with van der Waals surface area (Å²) in [7, 11) is 1.77. The van der Waals surface area contributed by atoms with E-state index in [0.717, 1.165) is 0 Å². The molecule has 150 valence electrons. The number of anilines is 2. The van der Waals surface area contributed by atoms with E-state index in [0.29, 0.717) is 32.5 Å². The standard InChI is InChI=1S/C17H28N6O4/c1-6-27-16(24)22-9-7-12(8-10-22)20-14-13(23(25)26)15(19-11-18-14)21(5)17(2,3)4/h11-12H,6-10H2,1-5H3,(H,18,19,20). The Labute approximate surface area is 159 Å². The Kier molecular flexibility index (Phi) is 6.40. The van der Waals surface area contributed by atoms with Crippen molar-refractivity contribution in [3.05, 3.63) is 16.4 Å². The molecule has 1 aliphatic rings. The first-order chi connectivity index (χ1) is 12.6. The Morgan fingerprint density at radius 1 is 1.41 bits per heavy atom. The number of piperidine rings is 1. The molecule has 0 unspecified atom stereocenters. The molecular formula is C17H28N6O4.